The standard InChI is InChI=1S/C38H19NO4S/c40-37-22-8-2-5-11-29(22)42-31-19-32-26(18-25(31)37)38(41)24-17-20(13-15-30(24)43-32)39-27-10-4-1-7-21(27)35-28(39)14-16-34-36(35)23-9-3-6-12-33(23)44-34/h1-19H. The van der Waals surface area contributed by atoms with Gasteiger partial charge in [-0.2, -0.15) is 0 Å². The van der Waals surface area contributed by atoms with Crippen molar-refractivity contribution in [2.45, 2.75) is 0 Å². The molecule has 0 N–H and O–H groups in total. The van der Waals surface area contributed by atoms with E-state index < -0.39 is 0 Å². The number of hydrogen-bond donors (Lipinski definition) is 0. The number of thiophene rings is 1. The molecule has 0 spiro atoms. The quantitative estimate of drug-likeness (QED) is 0.180. The van der Waals surface area contributed by atoms with Crippen molar-refractivity contribution in [3.63, 3.8) is 0 Å². The summed E-state index contributed by atoms with van der Waals surface area (Å²) < 4.78 is 17.0. The first-order valence-electron chi connectivity index (χ1n) is 14.3. The lowest BCUT2D eigenvalue weighted by atomic mass is 10.1. The summed E-state index contributed by atoms with van der Waals surface area (Å²) >= 11 is 1.81. The van der Waals surface area contributed by atoms with Crippen LogP contribution >= 0.6 is 11.3 Å². The lowest BCUT2D eigenvalue weighted by molar-refractivity contribution is 0.646. The summed E-state index contributed by atoms with van der Waals surface area (Å²) in [5, 5.41) is 6.49. The molecule has 0 radical (unpaired) electrons. The molecule has 0 atom stereocenters. The number of fused-ring (bicyclic) bond motifs is 11. The lowest BCUT2D eigenvalue weighted by Gasteiger charge is -2.10. The van der Waals surface area contributed by atoms with Gasteiger partial charge in [-0.1, -0.05) is 48.5 Å². The van der Waals surface area contributed by atoms with Gasteiger partial charge in [0.05, 0.1) is 32.6 Å². The highest BCUT2D eigenvalue weighted by Gasteiger charge is 2.19. The molecule has 0 saturated heterocycles. The minimum atomic E-state index is -0.190. The summed E-state index contributed by atoms with van der Waals surface area (Å²) in [4.78, 5) is 27.4. The first-order valence-corrected chi connectivity index (χ1v) is 15.2. The van der Waals surface area contributed by atoms with Crippen molar-refractivity contribution in [3.05, 3.63) is 136 Å². The Morgan fingerprint density at radius 1 is 0.455 bits per heavy atom. The van der Waals surface area contributed by atoms with Crippen LogP contribution in [0.2, 0.25) is 0 Å². The van der Waals surface area contributed by atoms with Crippen LogP contribution in [0.25, 0.3) is 91.5 Å². The van der Waals surface area contributed by atoms with Crippen LogP contribution in [-0.4, -0.2) is 4.57 Å². The Balaban J connectivity index is 1.28. The van der Waals surface area contributed by atoms with Crippen LogP contribution in [0.3, 0.4) is 0 Å². The Morgan fingerprint density at radius 3 is 1.95 bits per heavy atom. The highest BCUT2D eigenvalue weighted by atomic mass is 32.1. The summed E-state index contributed by atoms with van der Waals surface area (Å²) in [6.45, 7) is 0. The molecule has 0 bridgehead atoms. The molecule has 0 saturated carbocycles. The number of hydrogen-bond acceptors (Lipinski definition) is 5. The molecule has 6 aromatic carbocycles. The number of aromatic nitrogens is 1. The van der Waals surface area contributed by atoms with Gasteiger partial charge in [0.1, 0.15) is 22.3 Å². The van der Waals surface area contributed by atoms with Crippen LogP contribution in [0.15, 0.2) is 134 Å². The minimum absolute atomic E-state index is 0.172. The van der Waals surface area contributed by atoms with E-state index in [2.05, 4.69) is 59.2 Å². The molecular weight excluding hydrogens is 566 g/mol. The van der Waals surface area contributed by atoms with Crippen molar-refractivity contribution < 1.29 is 8.83 Å². The molecule has 0 fully saturated rings. The van der Waals surface area contributed by atoms with Crippen molar-refractivity contribution in [1.82, 2.24) is 4.57 Å². The predicted octanol–water partition coefficient (Wildman–Crippen LogP) is 9.67. The molecule has 0 amide bonds. The normalized spacial score (nSPS) is 12.3. The molecule has 5 nitrogen and oxygen atoms in total. The lowest BCUT2D eigenvalue weighted by Crippen LogP contribution is -2.06. The van der Waals surface area contributed by atoms with E-state index in [0.29, 0.717) is 43.9 Å². The van der Waals surface area contributed by atoms with Gasteiger partial charge in [0.15, 0.2) is 0 Å². The van der Waals surface area contributed by atoms with Gasteiger partial charge in [-0.25, -0.2) is 0 Å². The molecule has 206 valence electrons. The van der Waals surface area contributed by atoms with Crippen molar-refractivity contribution in [3.8, 4) is 5.69 Å². The molecule has 0 aliphatic heterocycles. The smallest absolute Gasteiger partial charge is 0.200 e. The van der Waals surface area contributed by atoms with Gasteiger partial charge in [-0.15, -0.1) is 11.3 Å². The summed E-state index contributed by atoms with van der Waals surface area (Å²) in [5.41, 5.74) is 4.37. The van der Waals surface area contributed by atoms with Crippen LogP contribution < -0.4 is 10.9 Å². The van der Waals surface area contributed by atoms with E-state index in [4.69, 9.17) is 8.83 Å². The Morgan fingerprint density at radius 2 is 1.11 bits per heavy atom. The van der Waals surface area contributed by atoms with Crippen LogP contribution in [0.1, 0.15) is 0 Å². The Hall–Kier alpha value is -5.72. The maximum Gasteiger partial charge on any atom is 0.200 e. The fraction of sp³-hybridized carbons (Fsp3) is 0. The average Bonchev–Trinajstić information content (AvgIpc) is 3.60. The third-order valence-electron chi connectivity index (χ3n) is 8.79. The number of nitrogens with zero attached hydrogens (tertiary/aromatic N) is 1. The molecule has 10 rings (SSSR count). The third-order valence-corrected chi connectivity index (χ3v) is 9.92. The largest absolute Gasteiger partial charge is 0.456 e. The zero-order chi connectivity index (χ0) is 29.1. The van der Waals surface area contributed by atoms with Crippen molar-refractivity contribution in [1.29, 1.82) is 0 Å². The first-order chi connectivity index (χ1) is 21.6. The monoisotopic (exact) mass is 585 g/mol. The van der Waals surface area contributed by atoms with Gasteiger partial charge in [-0.05, 0) is 60.7 Å². The topological polar surface area (TPSA) is 65.3 Å². The third kappa shape index (κ3) is 3.07. The van der Waals surface area contributed by atoms with Gasteiger partial charge < -0.3 is 13.4 Å². The van der Waals surface area contributed by atoms with Gasteiger partial charge in [0.25, 0.3) is 0 Å². The van der Waals surface area contributed by atoms with Crippen LogP contribution in [0.4, 0.5) is 0 Å². The predicted molar refractivity (Wildman–Crippen MR) is 181 cm³/mol. The van der Waals surface area contributed by atoms with E-state index in [1.54, 1.807) is 41.7 Å². The van der Waals surface area contributed by atoms with Crippen LogP contribution in [-0.2, 0) is 0 Å². The SMILES string of the molecule is O=c1c2ccccc2oc2cc3oc4ccc(-n5c6ccccc6c6c7c(ccc65)sc5ccccc57)cc4c(=O)c3cc12. The maximum atomic E-state index is 14.0. The Labute approximate surface area is 251 Å². The Kier molecular flexibility index (Phi) is 4.56. The highest BCUT2D eigenvalue weighted by molar-refractivity contribution is 7.26. The molecule has 6 heteroatoms. The second kappa shape index (κ2) is 8.43. The molecule has 44 heavy (non-hydrogen) atoms. The zero-order valence-corrected chi connectivity index (χ0v) is 23.8. The van der Waals surface area contributed by atoms with E-state index in [9.17, 15) is 9.59 Å². The van der Waals surface area contributed by atoms with E-state index in [1.807, 2.05) is 30.3 Å². The first kappa shape index (κ1) is 23.8. The fourth-order valence-corrected chi connectivity index (χ4v) is 7.95. The van der Waals surface area contributed by atoms with E-state index in [-0.39, 0.29) is 10.9 Å². The van der Waals surface area contributed by atoms with Gasteiger partial charge in [-0.3, -0.25) is 9.59 Å². The maximum absolute atomic E-state index is 14.0. The van der Waals surface area contributed by atoms with E-state index >= 15 is 0 Å². The molecule has 0 aliphatic rings. The molecule has 10 aromatic rings. The van der Waals surface area contributed by atoms with Crippen molar-refractivity contribution in [2.24, 2.45) is 0 Å². The summed E-state index contributed by atoms with van der Waals surface area (Å²) in [5.74, 6) is 0. The second-order valence-electron chi connectivity index (χ2n) is 11.2. The summed E-state index contributed by atoms with van der Waals surface area (Å²) in [7, 11) is 0. The highest BCUT2D eigenvalue weighted by Crippen LogP contribution is 2.43. The molecule has 0 aliphatic carbocycles. The average molecular weight is 586 g/mol. The summed E-state index contributed by atoms with van der Waals surface area (Å²) in [6, 6.07) is 37.5. The number of para-hydroxylation sites is 2. The molecule has 4 heterocycles. The Bertz CT molecular complexity index is 3000. The van der Waals surface area contributed by atoms with Gasteiger partial charge in [0, 0.05) is 42.7 Å². The van der Waals surface area contributed by atoms with Crippen molar-refractivity contribution in [2.75, 3.05) is 0 Å². The molecule has 0 unspecified atom stereocenters. The molecular formula is C38H19NO4S. The van der Waals surface area contributed by atoms with Crippen LogP contribution in [0.5, 0.6) is 0 Å². The zero-order valence-electron chi connectivity index (χ0n) is 23.0. The molecule has 4 aromatic heterocycles. The van der Waals surface area contributed by atoms with Gasteiger partial charge in [0.2, 0.25) is 10.9 Å². The van der Waals surface area contributed by atoms with Crippen molar-refractivity contribution >= 4 is 97.2 Å². The van der Waals surface area contributed by atoms with Crippen LogP contribution in [0, 0.1) is 0 Å². The van der Waals surface area contributed by atoms with E-state index in [1.165, 1.54) is 25.6 Å². The fourth-order valence-electron chi connectivity index (χ4n) is 6.83. The minimum Gasteiger partial charge on any atom is -0.456 e. The number of rotatable bonds is 1. The second-order valence-corrected chi connectivity index (χ2v) is 12.3. The van der Waals surface area contributed by atoms with Gasteiger partial charge >= 0.3 is 0 Å². The van der Waals surface area contributed by atoms with E-state index in [0.717, 1.165) is 22.1 Å². The summed E-state index contributed by atoms with van der Waals surface area (Å²) in [6.07, 6.45) is 0. The number of benzene rings is 6.